The maximum absolute atomic E-state index is 13.0. The smallest absolute Gasteiger partial charge is 0.149 e. The third-order valence-electron chi connectivity index (χ3n) is 3.54. The van der Waals surface area contributed by atoms with E-state index in [0.29, 0.717) is 10.7 Å². The first-order valence-corrected chi connectivity index (χ1v) is 8.97. The van der Waals surface area contributed by atoms with Gasteiger partial charge in [0, 0.05) is 10.7 Å². The molecule has 0 heterocycles. The molecule has 0 saturated heterocycles. The molecule has 0 aliphatic rings. The SMILES string of the molecule is O=C(C(CBr)c1ccc(F)cc1)C(CBr)c1ccc(F)cc1. The molecule has 5 heteroatoms. The van der Waals surface area contributed by atoms with Gasteiger partial charge >= 0.3 is 0 Å². The Hall–Kier alpha value is -1.07. The van der Waals surface area contributed by atoms with Crippen LogP contribution in [0.3, 0.4) is 0 Å². The third kappa shape index (κ3) is 4.02. The van der Waals surface area contributed by atoms with E-state index in [1.165, 1.54) is 24.3 Å². The molecule has 0 spiro atoms. The second-order valence-corrected chi connectivity index (χ2v) is 6.21. The first-order chi connectivity index (χ1) is 10.6. The molecule has 0 radical (unpaired) electrons. The number of hydrogen-bond acceptors (Lipinski definition) is 1. The van der Waals surface area contributed by atoms with Crippen LogP contribution in [0, 0.1) is 11.6 Å². The van der Waals surface area contributed by atoms with Crippen LogP contribution in [0.25, 0.3) is 0 Å². The summed E-state index contributed by atoms with van der Waals surface area (Å²) in [5.41, 5.74) is 1.52. The highest BCUT2D eigenvalue weighted by Crippen LogP contribution is 2.29. The van der Waals surface area contributed by atoms with Gasteiger partial charge in [0.25, 0.3) is 0 Å². The summed E-state index contributed by atoms with van der Waals surface area (Å²) in [4.78, 5) is 12.8. The van der Waals surface area contributed by atoms with Crippen LogP contribution in [0.1, 0.15) is 23.0 Å². The first-order valence-electron chi connectivity index (χ1n) is 6.73. The Morgan fingerprint density at radius 2 is 1.09 bits per heavy atom. The Balaban J connectivity index is 2.29. The Bertz CT molecular complexity index is 571. The second kappa shape index (κ2) is 7.97. The second-order valence-electron chi connectivity index (χ2n) is 4.92. The Labute approximate surface area is 145 Å². The van der Waals surface area contributed by atoms with Crippen molar-refractivity contribution in [2.75, 3.05) is 10.7 Å². The van der Waals surface area contributed by atoms with E-state index in [9.17, 15) is 13.6 Å². The number of Topliss-reactive ketones (excluding diaryl/α,β-unsaturated/α-hetero) is 1. The van der Waals surface area contributed by atoms with Crippen LogP contribution in [0.5, 0.6) is 0 Å². The van der Waals surface area contributed by atoms with E-state index >= 15 is 0 Å². The molecule has 0 fully saturated rings. The van der Waals surface area contributed by atoms with E-state index in [-0.39, 0.29) is 29.3 Å². The lowest BCUT2D eigenvalue weighted by atomic mass is 9.86. The maximum atomic E-state index is 13.0. The van der Waals surface area contributed by atoms with Gasteiger partial charge in [-0.1, -0.05) is 56.1 Å². The van der Waals surface area contributed by atoms with Gasteiger partial charge in [0.05, 0.1) is 11.8 Å². The molecule has 0 amide bonds. The van der Waals surface area contributed by atoms with Crippen molar-refractivity contribution in [1.82, 2.24) is 0 Å². The molecule has 0 bridgehead atoms. The van der Waals surface area contributed by atoms with Gasteiger partial charge in [-0.25, -0.2) is 8.78 Å². The number of hydrogen-bond donors (Lipinski definition) is 0. The number of halogens is 4. The van der Waals surface area contributed by atoms with Crippen LogP contribution < -0.4 is 0 Å². The van der Waals surface area contributed by atoms with Crippen molar-refractivity contribution >= 4 is 37.6 Å². The highest BCUT2D eigenvalue weighted by Gasteiger charge is 2.28. The number of alkyl halides is 2. The molecule has 0 aliphatic carbocycles. The number of ketones is 1. The predicted octanol–water partition coefficient (Wildman–Crippen LogP) is 5.19. The van der Waals surface area contributed by atoms with E-state index in [0.717, 1.165) is 11.1 Å². The fourth-order valence-electron chi connectivity index (χ4n) is 2.29. The minimum Gasteiger partial charge on any atom is -0.298 e. The summed E-state index contributed by atoms with van der Waals surface area (Å²) in [7, 11) is 0. The molecule has 2 atom stereocenters. The molecule has 2 aromatic rings. The normalized spacial score (nSPS) is 13.6. The number of rotatable bonds is 6. The largest absolute Gasteiger partial charge is 0.298 e. The van der Waals surface area contributed by atoms with Gasteiger partial charge in [0.1, 0.15) is 17.4 Å². The van der Waals surface area contributed by atoms with Gasteiger partial charge in [-0.05, 0) is 35.4 Å². The lowest BCUT2D eigenvalue weighted by molar-refractivity contribution is -0.121. The highest BCUT2D eigenvalue weighted by molar-refractivity contribution is 9.09. The van der Waals surface area contributed by atoms with Gasteiger partial charge in [0.15, 0.2) is 0 Å². The monoisotopic (exact) mass is 430 g/mol. The summed E-state index contributed by atoms with van der Waals surface area (Å²) in [5.74, 6) is -1.42. The molecular weight excluding hydrogens is 418 g/mol. The quantitative estimate of drug-likeness (QED) is 0.575. The zero-order chi connectivity index (χ0) is 16.1. The number of benzene rings is 2. The predicted molar refractivity (Wildman–Crippen MR) is 90.9 cm³/mol. The van der Waals surface area contributed by atoms with E-state index in [1.807, 2.05) is 0 Å². The third-order valence-corrected chi connectivity index (χ3v) is 4.84. The van der Waals surface area contributed by atoms with Gasteiger partial charge in [0.2, 0.25) is 0 Å². The molecule has 22 heavy (non-hydrogen) atoms. The summed E-state index contributed by atoms with van der Waals surface area (Å²) >= 11 is 6.73. The molecule has 2 unspecified atom stereocenters. The van der Waals surface area contributed by atoms with Crippen LogP contribution in [0.15, 0.2) is 48.5 Å². The van der Waals surface area contributed by atoms with Crippen molar-refractivity contribution in [3.63, 3.8) is 0 Å². The van der Waals surface area contributed by atoms with Gasteiger partial charge in [-0.2, -0.15) is 0 Å². The van der Waals surface area contributed by atoms with Crippen LogP contribution >= 0.6 is 31.9 Å². The number of carbonyl (C=O) groups is 1. The lowest BCUT2D eigenvalue weighted by Gasteiger charge is -2.20. The lowest BCUT2D eigenvalue weighted by Crippen LogP contribution is -2.23. The van der Waals surface area contributed by atoms with Gasteiger partial charge in [-0.15, -0.1) is 0 Å². The average Bonchev–Trinajstić information content (AvgIpc) is 2.52. The first kappa shape index (κ1) is 17.3. The topological polar surface area (TPSA) is 17.1 Å². The summed E-state index contributed by atoms with van der Waals surface area (Å²) in [5, 5.41) is 0.893. The molecule has 0 aliphatic heterocycles. The summed E-state index contributed by atoms with van der Waals surface area (Å²) in [6.45, 7) is 0. The van der Waals surface area contributed by atoms with E-state index in [2.05, 4.69) is 31.9 Å². The highest BCUT2D eigenvalue weighted by atomic mass is 79.9. The van der Waals surface area contributed by atoms with E-state index < -0.39 is 0 Å². The minimum absolute atomic E-state index is 0.00645. The molecule has 1 nitrogen and oxygen atoms in total. The van der Waals surface area contributed by atoms with Gasteiger partial charge < -0.3 is 0 Å². The fraction of sp³-hybridized carbons (Fsp3) is 0.235. The Kier molecular flexibility index (Phi) is 6.26. The Morgan fingerprint density at radius 1 is 0.773 bits per heavy atom. The molecular formula is C17H14Br2F2O. The standard InChI is InChI=1S/C17H14Br2F2O/c18-9-15(11-1-5-13(20)6-2-11)17(22)16(10-19)12-3-7-14(21)8-4-12/h1-8,15-16H,9-10H2. The van der Waals surface area contributed by atoms with Crippen LogP contribution in [-0.4, -0.2) is 16.4 Å². The molecule has 2 aromatic carbocycles. The molecule has 2 rings (SSSR count). The zero-order valence-corrected chi connectivity index (χ0v) is 14.8. The number of carbonyl (C=O) groups excluding carboxylic acids is 1. The van der Waals surface area contributed by atoms with E-state index in [1.54, 1.807) is 24.3 Å². The van der Waals surface area contributed by atoms with E-state index in [4.69, 9.17) is 0 Å². The minimum atomic E-state index is -0.381. The molecule has 0 N–H and O–H groups in total. The van der Waals surface area contributed by atoms with Crippen molar-refractivity contribution in [3.05, 3.63) is 71.3 Å². The van der Waals surface area contributed by atoms with Crippen molar-refractivity contribution in [2.24, 2.45) is 0 Å². The fourth-order valence-corrected chi connectivity index (χ4v) is 3.68. The van der Waals surface area contributed by atoms with Crippen LogP contribution in [0.2, 0.25) is 0 Å². The average molecular weight is 432 g/mol. The molecule has 0 aromatic heterocycles. The summed E-state index contributed by atoms with van der Waals surface area (Å²) < 4.78 is 26.1. The van der Waals surface area contributed by atoms with Crippen molar-refractivity contribution in [3.8, 4) is 0 Å². The van der Waals surface area contributed by atoms with Gasteiger partial charge in [-0.3, -0.25) is 4.79 Å². The molecule has 0 saturated carbocycles. The van der Waals surface area contributed by atoms with Crippen molar-refractivity contribution in [1.29, 1.82) is 0 Å². The van der Waals surface area contributed by atoms with Crippen LogP contribution in [-0.2, 0) is 4.79 Å². The zero-order valence-electron chi connectivity index (χ0n) is 11.6. The molecule has 116 valence electrons. The Morgan fingerprint density at radius 3 is 1.36 bits per heavy atom. The maximum Gasteiger partial charge on any atom is 0.149 e. The summed E-state index contributed by atoms with van der Waals surface area (Å²) in [6.07, 6.45) is 0. The van der Waals surface area contributed by atoms with Crippen LogP contribution in [0.4, 0.5) is 8.78 Å². The summed E-state index contributed by atoms with van der Waals surface area (Å²) in [6, 6.07) is 11.9. The van der Waals surface area contributed by atoms with Crippen molar-refractivity contribution < 1.29 is 13.6 Å². The van der Waals surface area contributed by atoms with Crippen molar-refractivity contribution in [2.45, 2.75) is 11.8 Å².